The number of hydrogen-bond donors (Lipinski definition) is 1. The molecule has 0 aromatic heterocycles. The van der Waals surface area contributed by atoms with E-state index in [-0.39, 0.29) is 16.3 Å². The molecule has 0 atom stereocenters. The zero-order valence-corrected chi connectivity index (χ0v) is 15.5. The third-order valence-electron chi connectivity index (χ3n) is 4.10. The van der Waals surface area contributed by atoms with Crippen LogP contribution in [0.15, 0.2) is 36.4 Å². The number of carbonyl (C=O) groups is 1. The Morgan fingerprint density at radius 1 is 1.07 bits per heavy atom. The van der Waals surface area contributed by atoms with E-state index in [4.69, 9.17) is 27.9 Å². The molecule has 1 aliphatic rings. The molecule has 1 saturated heterocycles. The van der Waals surface area contributed by atoms with Gasteiger partial charge in [0.05, 0.1) is 40.7 Å². The van der Waals surface area contributed by atoms with E-state index in [1.54, 1.807) is 0 Å². The highest BCUT2D eigenvalue weighted by molar-refractivity contribution is 6.36. The lowest BCUT2D eigenvalue weighted by Crippen LogP contribution is -2.36. The van der Waals surface area contributed by atoms with Gasteiger partial charge in [0, 0.05) is 18.1 Å². The van der Waals surface area contributed by atoms with Crippen molar-refractivity contribution in [2.24, 2.45) is 0 Å². The maximum Gasteiger partial charge on any atom is 0.416 e. The van der Waals surface area contributed by atoms with Gasteiger partial charge in [0.25, 0.3) is 5.91 Å². The van der Waals surface area contributed by atoms with Gasteiger partial charge in [-0.2, -0.15) is 13.2 Å². The van der Waals surface area contributed by atoms with Crippen LogP contribution in [0.4, 0.5) is 24.5 Å². The summed E-state index contributed by atoms with van der Waals surface area (Å²) in [5, 5.41) is 2.98. The lowest BCUT2D eigenvalue weighted by atomic mass is 10.1. The normalized spacial score (nSPS) is 14.9. The van der Waals surface area contributed by atoms with E-state index >= 15 is 0 Å². The lowest BCUT2D eigenvalue weighted by Gasteiger charge is -2.31. The molecule has 1 fully saturated rings. The molecule has 9 heteroatoms. The first-order valence-corrected chi connectivity index (χ1v) is 8.81. The fourth-order valence-electron chi connectivity index (χ4n) is 2.75. The highest BCUT2D eigenvalue weighted by Gasteiger charge is 2.32. The number of alkyl halides is 3. The number of ether oxygens (including phenoxy) is 1. The van der Waals surface area contributed by atoms with Crippen LogP contribution >= 0.6 is 23.2 Å². The SMILES string of the molecule is O=C(Nc1cc(C(F)(F)F)ccc1N1CCOCC1)c1cc(Cl)ccc1Cl. The third-order valence-corrected chi connectivity index (χ3v) is 4.66. The van der Waals surface area contributed by atoms with Gasteiger partial charge in [-0.05, 0) is 36.4 Å². The first-order valence-electron chi connectivity index (χ1n) is 8.06. The molecular formula is C18H15Cl2F3N2O2. The summed E-state index contributed by atoms with van der Waals surface area (Å²) in [6.07, 6.45) is -4.53. The summed E-state index contributed by atoms with van der Waals surface area (Å²) in [6, 6.07) is 7.59. The highest BCUT2D eigenvalue weighted by atomic mass is 35.5. The first-order chi connectivity index (χ1) is 12.8. The van der Waals surface area contributed by atoms with Gasteiger partial charge in [0.15, 0.2) is 0 Å². The quantitative estimate of drug-likeness (QED) is 0.753. The summed E-state index contributed by atoms with van der Waals surface area (Å²) >= 11 is 11.9. The molecule has 3 rings (SSSR count). The van der Waals surface area contributed by atoms with Crippen LogP contribution in [0.2, 0.25) is 10.0 Å². The summed E-state index contributed by atoms with van der Waals surface area (Å²) in [4.78, 5) is 14.5. The van der Waals surface area contributed by atoms with Crippen LogP contribution in [0.5, 0.6) is 0 Å². The van der Waals surface area contributed by atoms with Crippen LogP contribution in [-0.2, 0) is 10.9 Å². The molecule has 2 aromatic rings. The predicted molar refractivity (Wildman–Crippen MR) is 98.9 cm³/mol. The number of nitrogens with zero attached hydrogens (tertiary/aromatic N) is 1. The Morgan fingerprint density at radius 2 is 1.78 bits per heavy atom. The summed E-state index contributed by atoms with van der Waals surface area (Å²) < 4.78 is 44.7. The second-order valence-corrected chi connectivity index (χ2v) is 6.75. The molecule has 0 aliphatic carbocycles. The topological polar surface area (TPSA) is 41.6 Å². The van der Waals surface area contributed by atoms with E-state index in [2.05, 4.69) is 5.32 Å². The molecular weight excluding hydrogens is 404 g/mol. The van der Waals surface area contributed by atoms with E-state index in [1.807, 2.05) is 4.90 Å². The van der Waals surface area contributed by atoms with Gasteiger partial charge in [0.2, 0.25) is 0 Å². The Morgan fingerprint density at radius 3 is 2.44 bits per heavy atom. The molecule has 2 aromatic carbocycles. The second-order valence-electron chi connectivity index (χ2n) is 5.91. The van der Waals surface area contributed by atoms with E-state index in [0.717, 1.165) is 12.1 Å². The van der Waals surface area contributed by atoms with Crippen LogP contribution in [0, 0.1) is 0 Å². The molecule has 0 radical (unpaired) electrons. The largest absolute Gasteiger partial charge is 0.416 e. The summed E-state index contributed by atoms with van der Waals surface area (Å²) in [7, 11) is 0. The van der Waals surface area contributed by atoms with Crippen molar-refractivity contribution in [3.63, 3.8) is 0 Å². The fourth-order valence-corrected chi connectivity index (χ4v) is 3.13. The smallest absolute Gasteiger partial charge is 0.378 e. The van der Waals surface area contributed by atoms with Crippen molar-refractivity contribution in [3.05, 3.63) is 57.6 Å². The average Bonchev–Trinajstić information content (AvgIpc) is 2.63. The number of amides is 1. The minimum Gasteiger partial charge on any atom is -0.378 e. The van der Waals surface area contributed by atoms with Crippen molar-refractivity contribution < 1.29 is 22.7 Å². The molecule has 1 amide bonds. The van der Waals surface area contributed by atoms with Gasteiger partial charge >= 0.3 is 6.18 Å². The van der Waals surface area contributed by atoms with Crippen molar-refractivity contribution >= 4 is 40.5 Å². The molecule has 0 spiro atoms. The van der Waals surface area contributed by atoms with E-state index in [9.17, 15) is 18.0 Å². The maximum atomic E-state index is 13.1. The van der Waals surface area contributed by atoms with Gasteiger partial charge < -0.3 is 15.0 Å². The minimum absolute atomic E-state index is 0.0489. The van der Waals surface area contributed by atoms with E-state index < -0.39 is 17.6 Å². The van der Waals surface area contributed by atoms with Gasteiger partial charge in [-0.1, -0.05) is 23.2 Å². The minimum atomic E-state index is -4.53. The predicted octanol–water partition coefficient (Wildman–Crippen LogP) is 5.10. The molecule has 1 N–H and O–H groups in total. The highest BCUT2D eigenvalue weighted by Crippen LogP contribution is 2.36. The number of morpholine rings is 1. The monoisotopic (exact) mass is 418 g/mol. The van der Waals surface area contributed by atoms with Crippen molar-refractivity contribution in [2.75, 3.05) is 36.5 Å². The van der Waals surface area contributed by atoms with Crippen molar-refractivity contribution in [1.29, 1.82) is 0 Å². The average molecular weight is 419 g/mol. The maximum absolute atomic E-state index is 13.1. The molecule has 0 bridgehead atoms. The van der Waals surface area contributed by atoms with Crippen LogP contribution in [0.3, 0.4) is 0 Å². The number of rotatable bonds is 3. The summed E-state index contributed by atoms with van der Waals surface area (Å²) in [5.41, 5.74) is -0.243. The Bertz CT molecular complexity index is 853. The number of carbonyl (C=O) groups excluding carboxylic acids is 1. The number of nitrogens with one attached hydrogen (secondary N) is 1. The molecule has 0 unspecified atom stereocenters. The number of halogens is 5. The zero-order chi connectivity index (χ0) is 19.6. The van der Waals surface area contributed by atoms with Crippen LogP contribution in [0.1, 0.15) is 15.9 Å². The molecule has 27 heavy (non-hydrogen) atoms. The van der Waals surface area contributed by atoms with E-state index in [0.29, 0.717) is 37.0 Å². The number of benzene rings is 2. The second kappa shape index (κ2) is 7.96. The third kappa shape index (κ3) is 4.66. The number of anilines is 2. The summed E-state index contributed by atoms with van der Waals surface area (Å²) in [6.45, 7) is 1.92. The van der Waals surface area contributed by atoms with Crippen molar-refractivity contribution in [2.45, 2.75) is 6.18 Å². The van der Waals surface area contributed by atoms with E-state index in [1.165, 1.54) is 24.3 Å². The standard InChI is InChI=1S/C18H15Cl2F3N2O2/c19-12-2-3-14(20)13(10-12)17(26)24-15-9-11(18(21,22)23)1-4-16(15)25-5-7-27-8-6-25/h1-4,9-10H,5-8H2,(H,24,26). The van der Waals surface area contributed by atoms with Gasteiger partial charge in [0.1, 0.15) is 0 Å². The Balaban J connectivity index is 1.97. The van der Waals surface area contributed by atoms with Crippen molar-refractivity contribution in [1.82, 2.24) is 0 Å². The number of hydrogen-bond acceptors (Lipinski definition) is 3. The fraction of sp³-hybridized carbons (Fsp3) is 0.278. The molecule has 0 saturated carbocycles. The zero-order valence-electron chi connectivity index (χ0n) is 13.9. The van der Waals surface area contributed by atoms with Crippen LogP contribution in [0.25, 0.3) is 0 Å². The van der Waals surface area contributed by atoms with Crippen LogP contribution < -0.4 is 10.2 Å². The Kier molecular flexibility index (Phi) is 5.83. The molecule has 1 aliphatic heterocycles. The van der Waals surface area contributed by atoms with Gasteiger partial charge in [-0.25, -0.2) is 0 Å². The Hall–Kier alpha value is -1.96. The first kappa shape index (κ1) is 19.8. The molecule has 4 nitrogen and oxygen atoms in total. The molecule has 1 heterocycles. The summed E-state index contributed by atoms with van der Waals surface area (Å²) in [5.74, 6) is -0.642. The lowest BCUT2D eigenvalue weighted by molar-refractivity contribution is -0.137. The van der Waals surface area contributed by atoms with Crippen LogP contribution in [-0.4, -0.2) is 32.2 Å². The molecule has 144 valence electrons. The van der Waals surface area contributed by atoms with Gasteiger partial charge in [-0.3, -0.25) is 4.79 Å². The van der Waals surface area contributed by atoms with Gasteiger partial charge in [-0.15, -0.1) is 0 Å². The Labute approximate surface area is 163 Å². The van der Waals surface area contributed by atoms with Crippen molar-refractivity contribution in [3.8, 4) is 0 Å².